The van der Waals surface area contributed by atoms with Crippen molar-refractivity contribution in [1.82, 2.24) is 4.90 Å². The van der Waals surface area contributed by atoms with Gasteiger partial charge in [0.25, 0.3) is 0 Å². The van der Waals surface area contributed by atoms with Gasteiger partial charge >= 0.3 is 0 Å². The fourth-order valence-corrected chi connectivity index (χ4v) is 10.6. The Hall–Kier alpha value is -1.99. The lowest BCUT2D eigenvalue weighted by atomic mass is 9.90. The zero-order valence-corrected chi connectivity index (χ0v) is 25.5. The molecule has 3 aromatic rings. The van der Waals surface area contributed by atoms with Crippen molar-refractivity contribution in [3.63, 3.8) is 0 Å². The van der Waals surface area contributed by atoms with E-state index in [2.05, 4.69) is 142 Å². The Morgan fingerprint density at radius 2 is 1.08 bits per heavy atom. The molecular weight excluding hydrogens is 471 g/mol. The molecule has 0 aliphatic rings. The van der Waals surface area contributed by atoms with Crippen LogP contribution in [0.4, 0.5) is 0 Å². The molecule has 2 nitrogen and oxygen atoms in total. The van der Waals surface area contributed by atoms with Crippen molar-refractivity contribution in [2.24, 2.45) is 0 Å². The van der Waals surface area contributed by atoms with Crippen molar-refractivity contribution < 1.29 is 5.11 Å². The van der Waals surface area contributed by atoms with Gasteiger partial charge in [-0.2, -0.15) is 0 Å². The van der Waals surface area contributed by atoms with Crippen LogP contribution in [0.5, 0.6) is 0 Å². The summed E-state index contributed by atoms with van der Waals surface area (Å²) in [7, 11) is -3.01. The summed E-state index contributed by atoms with van der Waals surface area (Å²) in [6, 6.07) is 34.7. The van der Waals surface area contributed by atoms with E-state index in [0.717, 1.165) is 25.1 Å². The number of benzene rings is 3. The molecular formula is C32H47NOSi2. The molecule has 36 heavy (non-hydrogen) atoms. The second-order valence-electron chi connectivity index (χ2n) is 13.1. The number of rotatable bonds is 12. The third-order valence-electron chi connectivity index (χ3n) is 6.86. The summed E-state index contributed by atoms with van der Waals surface area (Å²) in [5.74, 6) is 0. The molecule has 0 aliphatic heterocycles. The highest BCUT2D eigenvalue weighted by molar-refractivity contribution is 6.78. The fraction of sp³-hybridized carbons (Fsp3) is 0.438. The average Bonchev–Trinajstić information content (AvgIpc) is 2.80. The first kappa shape index (κ1) is 28.6. The molecule has 0 unspecified atom stereocenters. The Bertz CT molecular complexity index is 1030. The lowest BCUT2D eigenvalue weighted by molar-refractivity contribution is 0.0166. The van der Waals surface area contributed by atoms with Crippen molar-refractivity contribution in [3.05, 3.63) is 108 Å². The highest BCUT2D eigenvalue weighted by Gasteiger charge is 2.41. The minimum atomic E-state index is -1.51. The molecule has 0 aliphatic carbocycles. The second kappa shape index (κ2) is 12.0. The van der Waals surface area contributed by atoms with Gasteiger partial charge < -0.3 is 5.11 Å². The standard InChI is InChI=1S/C32H47NOSi2/c1-27(29-19-13-9-14-20-29)33(24-28-17-11-8-12-18-28)31(30-21-15-10-16-22-30)23-32(34,25-35(2,3)4)26-36(5,6)7/h8-22,27,31,34H,23-26H2,1-7H3/t27-,31+/m0/s1. The Labute approximate surface area is 222 Å². The number of nitrogens with zero attached hydrogens (tertiary/aromatic N) is 1. The van der Waals surface area contributed by atoms with Crippen molar-refractivity contribution in [2.75, 3.05) is 0 Å². The van der Waals surface area contributed by atoms with Gasteiger partial charge in [-0.3, -0.25) is 4.90 Å². The minimum Gasteiger partial charge on any atom is -0.390 e. The van der Waals surface area contributed by atoms with Gasteiger partial charge in [-0.25, -0.2) is 0 Å². The molecule has 1 N–H and O–H groups in total. The topological polar surface area (TPSA) is 23.5 Å². The third kappa shape index (κ3) is 8.84. The lowest BCUT2D eigenvalue weighted by Crippen LogP contribution is -2.46. The molecule has 0 amide bonds. The highest BCUT2D eigenvalue weighted by Crippen LogP contribution is 2.42. The molecule has 3 rings (SSSR count). The first-order valence-corrected chi connectivity index (χ1v) is 20.9. The van der Waals surface area contributed by atoms with Crippen LogP contribution >= 0.6 is 0 Å². The first-order chi connectivity index (χ1) is 16.9. The van der Waals surface area contributed by atoms with Gasteiger partial charge in [0.2, 0.25) is 0 Å². The van der Waals surface area contributed by atoms with Crippen LogP contribution in [0.15, 0.2) is 91.0 Å². The van der Waals surface area contributed by atoms with E-state index in [4.69, 9.17) is 0 Å². The number of hydrogen-bond donors (Lipinski definition) is 1. The quantitative estimate of drug-likeness (QED) is 0.243. The predicted molar refractivity (Wildman–Crippen MR) is 162 cm³/mol. The molecule has 0 bridgehead atoms. The van der Waals surface area contributed by atoms with Gasteiger partial charge in [0.15, 0.2) is 0 Å². The van der Waals surface area contributed by atoms with Crippen LogP contribution < -0.4 is 0 Å². The SMILES string of the molecule is C[C@@H](c1ccccc1)N(Cc1ccccc1)[C@H](CC(O)(C[Si](C)(C)C)C[Si](C)(C)C)c1ccccc1. The van der Waals surface area contributed by atoms with Gasteiger partial charge in [0, 0.05) is 34.8 Å². The largest absolute Gasteiger partial charge is 0.390 e. The van der Waals surface area contributed by atoms with Crippen LogP contribution in [0.1, 0.15) is 42.1 Å². The van der Waals surface area contributed by atoms with Gasteiger partial charge in [0.05, 0.1) is 5.60 Å². The Balaban J connectivity index is 2.11. The lowest BCUT2D eigenvalue weighted by Gasteiger charge is -2.44. The molecule has 0 spiro atoms. The van der Waals surface area contributed by atoms with Crippen molar-refractivity contribution in [2.45, 2.75) is 88.9 Å². The van der Waals surface area contributed by atoms with Gasteiger partial charge in [-0.1, -0.05) is 130 Å². The van der Waals surface area contributed by atoms with Gasteiger partial charge in [-0.05, 0) is 42.1 Å². The van der Waals surface area contributed by atoms with Crippen LogP contribution in [0.25, 0.3) is 0 Å². The number of aliphatic hydroxyl groups is 1. The third-order valence-corrected chi connectivity index (χ3v) is 10.3. The summed E-state index contributed by atoms with van der Waals surface area (Å²) in [5, 5.41) is 12.4. The van der Waals surface area contributed by atoms with Crippen LogP contribution in [-0.2, 0) is 6.54 Å². The minimum absolute atomic E-state index is 0.110. The normalized spacial score (nSPS) is 14.6. The zero-order valence-electron chi connectivity index (χ0n) is 23.5. The smallest absolute Gasteiger partial charge is 0.0619 e. The van der Waals surface area contributed by atoms with Gasteiger partial charge in [0.1, 0.15) is 0 Å². The van der Waals surface area contributed by atoms with E-state index in [1.807, 2.05) is 0 Å². The predicted octanol–water partition coefficient (Wildman–Crippen LogP) is 8.79. The van der Waals surface area contributed by atoms with Crippen molar-refractivity contribution >= 4 is 16.1 Å². The Kier molecular flexibility index (Phi) is 9.56. The van der Waals surface area contributed by atoms with E-state index in [9.17, 15) is 5.11 Å². The summed E-state index contributed by atoms with van der Waals surface area (Å²) < 4.78 is 0. The molecule has 0 saturated heterocycles. The molecule has 3 aromatic carbocycles. The zero-order chi connectivity index (χ0) is 26.4. The molecule has 0 heterocycles. The summed E-state index contributed by atoms with van der Waals surface area (Å²) in [6.45, 7) is 17.5. The van der Waals surface area contributed by atoms with Crippen LogP contribution in [0.2, 0.25) is 51.4 Å². The van der Waals surface area contributed by atoms with Crippen LogP contribution in [0, 0.1) is 0 Å². The molecule has 2 atom stereocenters. The fourth-order valence-electron chi connectivity index (χ4n) is 5.88. The van der Waals surface area contributed by atoms with E-state index in [1.54, 1.807) is 0 Å². The average molecular weight is 518 g/mol. The summed E-state index contributed by atoms with van der Waals surface area (Å²) in [5.41, 5.74) is 3.25. The molecule has 4 heteroatoms. The monoisotopic (exact) mass is 517 g/mol. The van der Waals surface area contributed by atoms with E-state index >= 15 is 0 Å². The molecule has 0 aromatic heterocycles. The first-order valence-electron chi connectivity index (χ1n) is 13.5. The molecule has 0 saturated carbocycles. The van der Waals surface area contributed by atoms with E-state index < -0.39 is 21.7 Å². The van der Waals surface area contributed by atoms with E-state index in [0.29, 0.717) is 0 Å². The van der Waals surface area contributed by atoms with Crippen molar-refractivity contribution in [1.29, 1.82) is 0 Å². The van der Waals surface area contributed by atoms with Crippen molar-refractivity contribution in [3.8, 4) is 0 Å². The van der Waals surface area contributed by atoms with E-state index in [-0.39, 0.29) is 12.1 Å². The maximum Gasteiger partial charge on any atom is 0.0619 e. The summed E-state index contributed by atoms with van der Waals surface area (Å²) in [6.07, 6.45) is 0.759. The molecule has 0 fully saturated rings. The molecule has 0 radical (unpaired) electrons. The maximum absolute atomic E-state index is 12.4. The number of hydrogen-bond acceptors (Lipinski definition) is 2. The Morgan fingerprint density at radius 3 is 1.53 bits per heavy atom. The van der Waals surface area contributed by atoms with Crippen LogP contribution in [0.3, 0.4) is 0 Å². The maximum atomic E-state index is 12.4. The van der Waals surface area contributed by atoms with Crippen LogP contribution in [-0.4, -0.2) is 31.8 Å². The Morgan fingerprint density at radius 1 is 0.667 bits per heavy atom. The van der Waals surface area contributed by atoms with E-state index in [1.165, 1.54) is 16.7 Å². The summed E-state index contributed by atoms with van der Waals surface area (Å²) in [4.78, 5) is 2.62. The summed E-state index contributed by atoms with van der Waals surface area (Å²) >= 11 is 0. The van der Waals surface area contributed by atoms with Gasteiger partial charge in [-0.15, -0.1) is 0 Å². The molecule has 194 valence electrons. The second-order valence-corrected chi connectivity index (χ2v) is 24.0. The highest BCUT2D eigenvalue weighted by atomic mass is 28.3.